The summed E-state index contributed by atoms with van der Waals surface area (Å²) in [7, 11) is 6.33. The number of nitrogens with zero attached hydrogens (tertiary/aromatic N) is 4. The number of hydrogen-bond acceptors (Lipinski definition) is 5. The molecular formula is C17H30N4O2. The van der Waals surface area contributed by atoms with Crippen molar-refractivity contribution in [3.05, 3.63) is 17.5 Å². The topological polar surface area (TPSA) is 52.8 Å². The third kappa shape index (κ3) is 4.78. The Hall–Kier alpha value is -1.40. The fourth-order valence-electron chi connectivity index (χ4n) is 3.06. The van der Waals surface area contributed by atoms with Crippen LogP contribution < -0.4 is 0 Å². The average molecular weight is 322 g/mol. The maximum absolute atomic E-state index is 12.8. The fourth-order valence-corrected chi connectivity index (χ4v) is 3.06. The summed E-state index contributed by atoms with van der Waals surface area (Å²) in [6, 6.07) is 0.433. The molecule has 1 aromatic heterocycles. The van der Waals surface area contributed by atoms with Gasteiger partial charge in [0.15, 0.2) is 0 Å². The molecule has 0 saturated carbocycles. The van der Waals surface area contributed by atoms with Crippen LogP contribution in [0.15, 0.2) is 10.7 Å². The number of aromatic nitrogens is 1. The molecule has 0 bridgehead atoms. The van der Waals surface area contributed by atoms with Gasteiger partial charge in [0.05, 0.1) is 6.20 Å². The number of likely N-dealkylation sites (tertiary alicyclic amines) is 1. The van der Waals surface area contributed by atoms with Gasteiger partial charge in [0.1, 0.15) is 11.3 Å². The molecule has 1 aromatic rings. The predicted molar refractivity (Wildman–Crippen MR) is 90.6 cm³/mol. The first-order valence-electron chi connectivity index (χ1n) is 8.60. The lowest BCUT2D eigenvalue weighted by Gasteiger charge is -2.38. The van der Waals surface area contributed by atoms with Crippen molar-refractivity contribution in [1.29, 1.82) is 0 Å². The lowest BCUT2D eigenvalue weighted by atomic mass is 10.0. The molecule has 0 aliphatic carbocycles. The highest BCUT2D eigenvalue weighted by Gasteiger charge is 2.29. The Morgan fingerprint density at radius 3 is 2.87 bits per heavy atom. The van der Waals surface area contributed by atoms with Gasteiger partial charge in [-0.05, 0) is 40.4 Å². The molecule has 1 amide bonds. The first-order chi connectivity index (χ1) is 11.0. The third-order valence-electron chi connectivity index (χ3n) is 4.56. The molecule has 0 radical (unpaired) electrons. The summed E-state index contributed by atoms with van der Waals surface area (Å²) in [5.74, 6) is 0.793. The second-order valence-corrected chi connectivity index (χ2v) is 6.74. The summed E-state index contributed by atoms with van der Waals surface area (Å²) in [6.45, 7) is 5.75. The lowest BCUT2D eigenvalue weighted by molar-refractivity contribution is 0.0601. The van der Waals surface area contributed by atoms with Crippen molar-refractivity contribution in [2.45, 2.75) is 38.6 Å². The first-order valence-corrected chi connectivity index (χ1v) is 8.60. The third-order valence-corrected chi connectivity index (χ3v) is 4.56. The Morgan fingerprint density at radius 2 is 2.17 bits per heavy atom. The van der Waals surface area contributed by atoms with E-state index in [4.69, 9.17) is 4.52 Å². The minimum Gasteiger partial charge on any atom is -0.361 e. The van der Waals surface area contributed by atoms with Crippen LogP contribution in [0.4, 0.5) is 0 Å². The van der Waals surface area contributed by atoms with E-state index in [-0.39, 0.29) is 5.91 Å². The zero-order valence-electron chi connectivity index (χ0n) is 14.9. The van der Waals surface area contributed by atoms with Crippen molar-refractivity contribution >= 4 is 5.91 Å². The number of carbonyl (C=O) groups is 1. The molecule has 2 rings (SSSR count). The van der Waals surface area contributed by atoms with Gasteiger partial charge in [-0.2, -0.15) is 0 Å². The molecule has 1 unspecified atom stereocenters. The molecule has 1 saturated heterocycles. The van der Waals surface area contributed by atoms with E-state index in [1.54, 1.807) is 6.20 Å². The van der Waals surface area contributed by atoms with Crippen molar-refractivity contribution < 1.29 is 9.32 Å². The number of hydrogen-bond donors (Lipinski definition) is 0. The molecule has 1 fully saturated rings. The molecule has 1 atom stereocenters. The Labute approximate surface area is 139 Å². The van der Waals surface area contributed by atoms with Gasteiger partial charge in [0, 0.05) is 38.6 Å². The van der Waals surface area contributed by atoms with E-state index in [0.717, 1.165) is 57.6 Å². The molecule has 130 valence electrons. The van der Waals surface area contributed by atoms with E-state index >= 15 is 0 Å². The Bertz CT molecular complexity index is 501. The van der Waals surface area contributed by atoms with Gasteiger partial charge in [-0.15, -0.1) is 0 Å². The summed E-state index contributed by atoms with van der Waals surface area (Å²) in [5.41, 5.74) is 0.642. The number of likely N-dealkylation sites (N-methyl/N-ethyl adjacent to an activating group) is 2. The molecule has 1 aliphatic rings. The molecule has 2 heterocycles. The highest BCUT2D eigenvalue weighted by molar-refractivity contribution is 5.95. The molecule has 0 aromatic carbocycles. The van der Waals surface area contributed by atoms with E-state index in [1.165, 1.54) is 0 Å². The van der Waals surface area contributed by atoms with Crippen LogP contribution in [0.25, 0.3) is 0 Å². The van der Waals surface area contributed by atoms with E-state index in [0.29, 0.717) is 11.6 Å². The van der Waals surface area contributed by atoms with E-state index in [9.17, 15) is 4.79 Å². The Kier molecular flexibility index (Phi) is 6.59. The van der Waals surface area contributed by atoms with Crippen molar-refractivity contribution in [2.75, 3.05) is 47.3 Å². The molecule has 6 heteroatoms. The fraction of sp³-hybridized carbons (Fsp3) is 0.765. The number of carbonyl (C=O) groups excluding carboxylic acids is 1. The normalized spacial score (nSPS) is 18.9. The zero-order valence-corrected chi connectivity index (χ0v) is 14.9. The van der Waals surface area contributed by atoms with E-state index in [2.05, 4.69) is 43.0 Å². The molecule has 0 N–H and O–H groups in total. The van der Waals surface area contributed by atoms with E-state index < -0.39 is 0 Å². The zero-order chi connectivity index (χ0) is 16.8. The number of rotatable bonds is 7. The van der Waals surface area contributed by atoms with Crippen molar-refractivity contribution in [1.82, 2.24) is 19.9 Å². The van der Waals surface area contributed by atoms with Crippen LogP contribution in [0.1, 0.15) is 42.3 Å². The Morgan fingerprint density at radius 1 is 1.39 bits per heavy atom. The van der Waals surface area contributed by atoms with Crippen LogP contribution in [-0.4, -0.2) is 79.1 Å². The quantitative estimate of drug-likeness (QED) is 0.765. The lowest BCUT2D eigenvalue weighted by Crippen LogP contribution is -2.49. The highest BCUT2D eigenvalue weighted by atomic mass is 16.5. The van der Waals surface area contributed by atoms with Crippen molar-refractivity contribution in [3.63, 3.8) is 0 Å². The largest absolute Gasteiger partial charge is 0.361 e. The number of piperidine rings is 1. The van der Waals surface area contributed by atoms with Crippen LogP contribution in [-0.2, 0) is 6.42 Å². The van der Waals surface area contributed by atoms with Gasteiger partial charge >= 0.3 is 0 Å². The summed E-state index contributed by atoms with van der Waals surface area (Å²) < 4.78 is 5.24. The highest BCUT2D eigenvalue weighted by Crippen LogP contribution is 2.19. The van der Waals surface area contributed by atoms with Crippen molar-refractivity contribution in [2.24, 2.45) is 0 Å². The maximum Gasteiger partial charge on any atom is 0.259 e. The van der Waals surface area contributed by atoms with Crippen LogP contribution in [0.2, 0.25) is 0 Å². The maximum atomic E-state index is 12.8. The van der Waals surface area contributed by atoms with Gasteiger partial charge in [-0.3, -0.25) is 4.79 Å². The molecular weight excluding hydrogens is 292 g/mol. The van der Waals surface area contributed by atoms with E-state index in [1.807, 2.05) is 4.90 Å². The van der Waals surface area contributed by atoms with Crippen LogP contribution in [0.3, 0.4) is 0 Å². The second-order valence-electron chi connectivity index (χ2n) is 6.74. The standard InChI is InChI=1S/C17H30N4O2/c1-5-7-16-15(12-18-23-16)17(22)21-9-6-8-14(13-21)20(4)11-10-19(2)3/h12,14H,5-11,13H2,1-4H3. The summed E-state index contributed by atoms with van der Waals surface area (Å²) in [4.78, 5) is 19.3. The second kappa shape index (κ2) is 8.45. The van der Waals surface area contributed by atoms with Gasteiger partial charge in [0.25, 0.3) is 5.91 Å². The van der Waals surface area contributed by atoms with Crippen LogP contribution in [0, 0.1) is 0 Å². The average Bonchev–Trinajstić information content (AvgIpc) is 3.00. The monoisotopic (exact) mass is 322 g/mol. The number of aryl methyl sites for hydroxylation is 1. The SMILES string of the molecule is CCCc1oncc1C(=O)N1CCCC(N(C)CCN(C)C)C1. The van der Waals surface area contributed by atoms with Crippen molar-refractivity contribution in [3.8, 4) is 0 Å². The van der Waals surface area contributed by atoms with Gasteiger partial charge in [0.2, 0.25) is 0 Å². The number of amides is 1. The summed E-state index contributed by atoms with van der Waals surface area (Å²) in [6.07, 6.45) is 5.50. The summed E-state index contributed by atoms with van der Waals surface area (Å²) >= 11 is 0. The first kappa shape index (κ1) is 17.9. The minimum atomic E-state index is 0.0698. The summed E-state index contributed by atoms with van der Waals surface area (Å²) in [5, 5.41) is 3.82. The van der Waals surface area contributed by atoms with Gasteiger partial charge in [-0.1, -0.05) is 12.1 Å². The molecule has 1 aliphatic heterocycles. The Balaban J connectivity index is 1.97. The van der Waals surface area contributed by atoms with Crippen LogP contribution in [0.5, 0.6) is 0 Å². The molecule has 6 nitrogen and oxygen atoms in total. The predicted octanol–water partition coefficient (Wildman–Crippen LogP) is 1.73. The minimum absolute atomic E-state index is 0.0698. The van der Waals surface area contributed by atoms with Crippen LogP contribution >= 0.6 is 0 Å². The molecule has 23 heavy (non-hydrogen) atoms. The molecule has 0 spiro atoms. The smallest absolute Gasteiger partial charge is 0.259 e. The van der Waals surface area contributed by atoms with Gasteiger partial charge in [-0.25, -0.2) is 0 Å². The van der Waals surface area contributed by atoms with Gasteiger partial charge < -0.3 is 19.2 Å².